The fourth-order valence-corrected chi connectivity index (χ4v) is 0.983. The quantitative estimate of drug-likeness (QED) is 0.466. The van der Waals surface area contributed by atoms with Gasteiger partial charge in [0.1, 0.15) is 0 Å². The van der Waals surface area contributed by atoms with Crippen molar-refractivity contribution in [2.45, 2.75) is 19.4 Å². The number of alkyl halides is 1. The van der Waals surface area contributed by atoms with Crippen molar-refractivity contribution in [3.63, 3.8) is 0 Å². The molecule has 1 atom stereocenters. The Hall–Kier alpha value is -0.300. The molecule has 0 aliphatic carbocycles. The summed E-state index contributed by atoms with van der Waals surface area (Å²) in [6, 6.07) is 2.44. The van der Waals surface area contributed by atoms with Gasteiger partial charge in [-0.05, 0) is 14.0 Å². The number of likely N-dealkylation sites (N-methyl/N-ethyl adjacent to an activating group) is 1. The van der Waals surface area contributed by atoms with E-state index in [1.54, 1.807) is 0 Å². The summed E-state index contributed by atoms with van der Waals surface area (Å²) in [5, 5.41) is 8.47. The lowest BCUT2D eigenvalue weighted by Crippen LogP contribution is -2.32. The van der Waals surface area contributed by atoms with Gasteiger partial charge in [-0.25, -0.2) is 0 Å². The maximum absolute atomic E-state index is 8.47. The Balaban J connectivity index is 3.39. The fourth-order valence-electron chi connectivity index (χ4n) is 0.873. The first-order valence-electron chi connectivity index (χ1n) is 4.43. The molecular weight excluding hydrogens is 188 g/mol. The van der Waals surface area contributed by atoms with Crippen LogP contribution in [-0.2, 0) is 4.74 Å². The number of ether oxygens (including phenoxy) is 1. The largest absolute Gasteiger partial charge is 0.379 e. The van der Waals surface area contributed by atoms with Crippen molar-refractivity contribution < 1.29 is 4.74 Å². The van der Waals surface area contributed by atoms with Crippen molar-refractivity contribution in [2.75, 3.05) is 32.7 Å². The van der Waals surface area contributed by atoms with Crippen LogP contribution < -0.4 is 0 Å². The van der Waals surface area contributed by atoms with Crippen LogP contribution in [0.15, 0.2) is 0 Å². The molecule has 0 fully saturated rings. The van der Waals surface area contributed by atoms with Gasteiger partial charge < -0.3 is 9.64 Å². The van der Waals surface area contributed by atoms with Crippen LogP contribution in [0.1, 0.15) is 13.3 Å². The Morgan fingerprint density at radius 3 is 2.77 bits per heavy atom. The molecule has 3 nitrogen and oxygen atoms in total. The maximum Gasteiger partial charge on any atom is 0.0638 e. The zero-order valence-corrected chi connectivity index (χ0v) is 9.05. The second-order valence-corrected chi connectivity index (χ2v) is 3.37. The number of rotatable bonds is 7. The highest BCUT2D eigenvalue weighted by molar-refractivity contribution is 6.17. The lowest BCUT2D eigenvalue weighted by atomic mass is 10.2. The molecule has 0 heterocycles. The minimum absolute atomic E-state index is 0.296. The van der Waals surface area contributed by atoms with Crippen molar-refractivity contribution in [3.05, 3.63) is 0 Å². The smallest absolute Gasteiger partial charge is 0.0638 e. The average Bonchev–Trinajstić information content (AvgIpc) is 2.12. The average molecular weight is 205 g/mol. The Bertz CT molecular complexity index is 158. The Morgan fingerprint density at radius 1 is 1.54 bits per heavy atom. The normalized spacial score (nSPS) is 12.8. The van der Waals surface area contributed by atoms with Gasteiger partial charge in [-0.2, -0.15) is 5.26 Å². The van der Waals surface area contributed by atoms with Crippen molar-refractivity contribution in [3.8, 4) is 6.07 Å². The van der Waals surface area contributed by atoms with E-state index in [0.29, 0.717) is 31.6 Å². The van der Waals surface area contributed by atoms with Crippen LogP contribution in [0.3, 0.4) is 0 Å². The molecule has 0 amide bonds. The highest BCUT2D eigenvalue weighted by Gasteiger charge is 2.07. The van der Waals surface area contributed by atoms with E-state index in [-0.39, 0.29) is 0 Å². The topological polar surface area (TPSA) is 36.3 Å². The predicted octanol–water partition coefficient (Wildman–Crippen LogP) is 1.48. The predicted molar refractivity (Wildman–Crippen MR) is 53.9 cm³/mol. The van der Waals surface area contributed by atoms with Gasteiger partial charge in [-0.3, -0.25) is 0 Å². The summed E-state index contributed by atoms with van der Waals surface area (Å²) in [5.74, 6) is 0.539. The second kappa shape index (κ2) is 8.31. The van der Waals surface area contributed by atoms with E-state index >= 15 is 0 Å². The maximum atomic E-state index is 8.47. The molecule has 13 heavy (non-hydrogen) atoms. The molecule has 0 spiro atoms. The minimum atomic E-state index is 0.296. The summed E-state index contributed by atoms with van der Waals surface area (Å²) in [6.07, 6.45) is 0.562. The fraction of sp³-hybridized carbons (Fsp3) is 0.889. The SMILES string of the molecule is CC(CC#N)N(C)CCOCCCl. The highest BCUT2D eigenvalue weighted by atomic mass is 35.5. The van der Waals surface area contributed by atoms with E-state index in [0.717, 1.165) is 6.54 Å². The van der Waals surface area contributed by atoms with Gasteiger partial charge in [0.15, 0.2) is 0 Å². The van der Waals surface area contributed by atoms with Gasteiger partial charge in [-0.15, -0.1) is 11.6 Å². The number of nitriles is 1. The highest BCUT2D eigenvalue weighted by Crippen LogP contribution is 1.98. The molecule has 0 radical (unpaired) electrons. The van der Waals surface area contributed by atoms with Crippen LogP contribution in [0, 0.1) is 11.3 Å². The van der Waals surface area contributed by atoms with Crippen LogP contribution in [0.4, 0.5) is 0 Å². The van der Waals surface area contributed by atoms with Crippen LogP contribution in [0.2, 0.25) is 0 Å². The Labute approximate surface area is 85.2 Å². The van der Waals surface area contributed by atoms with E-state index in [9.17, 15) is 0 Å². The molecule has 0 bridgehead atoms. The van der Waals surface area contributed by atoms with Crippen LogP contribution in [0.5, 0.6) is 0 Å². The number of halogens is 1. The van der Waals surface area contributed by atoms with Gasteiger partial charge in [-0.1, -0.05) is 0 Å². The van der Waals surface area contributed by atoms with Crippen molar-refractivity contribution in [2.24, 2.45) is 0 Å². The molecule has 76 valence electrons. The van der Waals surface area contributed by atoms with Gasteiger partial charge in [0.05, 0.1) is 25.7 Å². The molecule has 0 aromatic heterocycles. The van der Waals surface area contributed by atoms with Gasteiger partial charge in [0.2, 0.25) is 0 Å². The van der Waals surface area contributed by atoms with E-state index in [1.165, 1.54) is 0 Å². The molecule has 0 aliphatic rings. The first-order chi connectivity index (χ1) is 6.22. The number of nitrogens with zero attached hydrogens (tertiary/aromatic N) is 2. The van der Waals surface area contributed by atoms with Crippen molar-refractivity contribution >= 4 is 11.6 Å². The third-order valence-electron chi connectivity index (χ3n) is 1.95. The van der Waals surface area contributed by atoms with E-state index in [1.807, 2.05) is 14.0 Å². The zero-order chi connectivity index (χ0) is 10.1. The zero-order valence-electron chi connectivity index (χ0n) is 8.29. The molecule has 0 aromatic carbocycles. The summed E-state index contributed by atoms with van der Waals surface area (Å²) in [7, 11) is 1.99. The first kappa shape index (κ1) is 12.7. The van der Waals surface area contributed by atoms with Gasteiger partial charge in [0, 0.05) is 18.5 Å². The molecule has 0 N–H and O–H groups in total. The molecule has 0 saturated heterocycles. The third kappa shape index (κ3) is 6.83. The van der Waals surface area contributed by atoms with Crippen molar-refractivity contribution in [1.82, 2.24) is 4.90 Å². The summed E-state index contributed by atoms with van der Waals surface area (Å²) in [6.45, 7) is 4.16. The molecule has 0 rings (SSSR count). The molecule has 0 saturated carbocycles. The van der Waals surface area contributed by atoms with Crippen LogP contribution in [0.25, 0.3) is 0 Å². The third-order valence-corrected chi connectivity index (χ3v) is 2.10. The molecular formula is C9H17ClN2O. The standard InChI is InChI=1S/C9H17ClN2O/c1-9(3-5-11)12(2)6-8-13-7-4-10/h9H,3-4,6-8H2,1-2H3. The van der Waals surface area contributed by atoms with Gasteiger partial charge >= 0.3 is 0 Å². The summed E-state index contributed by atoms with van der Waals surface area (Å²) in [5.41, 5.74) is 0. The van der Waals surface area contributed by atoms with Crippen LogP contribution >= 0.6 is 11.6 Å². The summed E-state index contributed by atoms with van der Waals surface area (Å²) < 4.78 is 5.23. The monoisotopic (exact) mass is 204 g/mol. The second-order valence-electron chi connectivity index (χ2n) is 2.99. The molecule has 0 aromatic rings. The Kier molecular flexibility index (Phi) is 8.11. The number of hydrogen-bond donors (Lipinski definition) is 0. The molecule has 4 heteroatoms. The number of hydrogen-bond acceptors (Lipinski definition) is 3. The van der Waals surface area contributed by atoms with Gasteiger partial charge in [0.25, 0.3) is 0 Å². The van der Waals surface area contributed by atoms with Crippen molar-refractivity contribution in [1.29, 1.82) is 5.26 Å². The molecule has 0 aliphatic heterocycles. The van der Waals surface area contributed by atoms with E-state index < -0.39 is 0 Å². The lowest BCUT2D eigenvalue weighted by Gasteiger charge is -2.22. The van der Waals surface area contributed by atoms with E-state index in [2.05, 4.69) is 11.0 Å². The Morgan fingerprint density at radius 2 is 2.23 bits per heavy atom. The molecule has 1 unspecified atom stereocenters. The minimum Gasteiger partial charge on any atom is -0.379 e. The van der Waals surface area contributed by atoms with E-state index in [4.69, 9.17) is 21.6 Å². The lowest BCUT2D eigenvalue weighted by molar-refractivity contribution is 0.112. The summed E-state index contributed by atoms with van der Waals surface area (Å²) >= 11 is 5.45. The van der Waals surface area contributed by atoms with Crippen LogP contribution in [-0.4, -0.2) is 43.6 Å². The summed E-state index contributed by atoms with van der Waals surface area (Å²) in [4.78, 5) is 2.11. The first-order valence-corrected chi connectivity index (χ1v) is 4.96.